The first-order valence-corrected chi connectivity index (χ1v) is 9.32. The zero-order valence-electron chi connectivity index (χ0n) is 15.6. The van der Waals surface area contributed by atoms with E-state index in [2.05, 4.69) is 26.8 Å². The molecule has 0 bridgehead atoms. The Hall–Kier alpha value is -0.870. The van der Waals surface area contributed by atoms with Gasteiger partial charge in [0.25, 0.3) is 0 Å². The molecule has 3 aliphatic rings. The molecule has 1 saturated carbocycles. The number of cyclic esters (lactones) is 1. The van der Waals surface area contributed by atoms with Gasteiger partial charge < -0.3 is 14.9 Å². The molecule has 4 heteroatoms. The van der Waals surface area contributed by atoms with Gasteiger partial charge in [-0.1, -0.05) is 47.1 Å². The monoisotopic (exact) mass is 336 g/mol. The third kappa shape index (κ3) is 2.62. The van der Waals surface area contributed by atoms with Crippen LogP contribution in [-0.4, -0.2) is 34.0 Å². The zero-order chi connectivity index (χ0) is 17.9. The average Bonchev–Trinajstić information content (AvgIpc) is 2.76. The van der Waals surface area contributed by atoms with Gasteiger partial charge in [-0.15, -0.1) is 0 Å². The van der Waals surface area contributed by atoms with Gasteiger partial charge >= 0.3 is 5.97 Å². The van der Waals surface area contributed by atoms with Crippen molar-refractivity contribution in [3.8, 4) is 0 Å². The van der Waals surface area contributed by atoms with E-state index in [1.165, 1.54) is 12.8 Å². The van der Waals surface area contributed by atoms with Crippen molar-refractivity contribution in [2.75, 3.05) is 0 Å². The smallest absolute Gasteiger partial charge is 0.309 e. The molecule has 136 valence electrons. The van der Waals surface area contributed by atoms with Crippen molar-refractivity contribution in [1.29, 1.82) is 0 Å². The van der Waals surface area contributed by atoms with Gasteiger partial charge in [-0.2, -0.15) is 0 Å². The lowest BCUT2D eigenvalue weighted by atomic mass is 9.52. The summed E-state index contributed by atoms with van der Waals surface area (Å²) < 4.78 is 5.51. The van der Waals surface area contributed by atoms with E-state index < -0.39 is 17.8 Å². The SMILES string of the molecule is CC(C)[C@@]1(O)CC(=O)O[C@H]1C1=C[C@@]2(C)CCCC(C)(C)[C@@H]2C[C@H]1O. The van der Waals surface area contributed by atoms with Gasteiger partial charge in [0.1, 0.15) is 5.60 Å². The fraction of sp³-hybridized carbons (Fsp3) is 0.850. The second-order valence-corrected chi connectivity index (χ2v) is 9.49. The van der Waals surface area contributed by atoms with Crippen molar-refractivity contribution in [1.82, 2.24) is 0 Å². The number of rotatable bonds is 2. The molecule has 5 atom stereocenters. The van der Waals surface area contributed by atoms with Crippen LogP contribution in [0.2, 0.25) is 0 Å². The Labute approximate surface area is 145 Å². The molecule has 0 aromatic rings. The minimum absolute atomic E-state index is 0.00499. The van der Waals surface area contributed by atoms with Crippen LogP contribution in [0.5, 0.6) is 0 Å². The largest absolute Gasteiger partial charge is 0.455 e. The topological polar surface area (TPSA) is 66.8 Å². The van der Waals surface area contributed by atoms with Crippen molar-refractivity contribution in [2.24, 2.45) is 22.7 Å². The molecule has 4 nitrogen and oxygen atoms in total. The number of allylic oxidation sites excluding steroid dienone is 1. The van der Waals surface area contributed by atoms with Crippen molar-refractivity contribution in [2.45, 2.75) is 84.5 Å². The molecule has 0 amide bonds. The standard InChI is InChI=1S/C20H32O4/c1-12(2)20(23)11-16(22)24-17(20)13-10-19(5)8-6-7-18(3,4)15(19)9-14(13)21/h10,12,14-15,17,21,23H,6-9,11H2,1-5H3/t14-,15+,17+,19-,20+/m1/s1. The van der Waals surface area contributed by atoms with Crippen LogP contribution >= 0.6 is 0 Å². The summed E-state index contributed by atoms with van der Waals surface area (Å²) in [6.45, 7) is 10.6. The predicted octanol–water partition coefficient (Wildman–Crippen LogP) is 3.21. The summed E-state index contributed by atoms with van der Waals surface area (Å²) in [7, 11) is 0. The summed E-state index contributed by atoms with van der Waals surface area (Å²) in [5.41, 5.74) is -0.328. The third-order valence-electron chi connectivity index (χ3n) is 7.05. The Kier molecular flexibility index (Phi) is 4.16. The van der Waals surface area contributed by atoms with E-state index in [9.17, 15) is 15.0 Å². The number of carbonyl (C=O) groups is 1. The lowest BCUT2D eigenvalue weighted by Gasteiger charge is -2.54. The maximum absolute atomic E-state index is 11.9. The van der Waals surface area contributed by atoms with Crippen LogP contribution in [0.15, 0.2) is 11.6 Å². The van der Waals surface area contributed by atoms with Crippen molar-refractivity contribution in [3.05, 3.63) is 11.6 Å². The van der Waals surface area contributed by atoms with Crippen LogP contribution in [0.4, 0.5) is 0 Å². The molecule has 1 aliphatic heterocycles. The van der Waals surface area contributed by atoms with E-state index in [4.69, 9.17) is 4.74 Å². The first kappa shape index (κ1) is 17.9. The fourth-order valence-electron chi connectivity index (χ4n) is 5.48. The van der Waals surface area contributed by atoms with E-state index in [-0.39, 0.29) is 29.1 Å². The van der Waals surface area contributed by atoms with Crippen LogP contribution in [0.25, 0.3) is 0 Å². The Balaban J connectivity index is 2.01. The Bertz CT molecular complexity index is 564. The lowest BCUT2D eigenvalue weighted by Crippen LogP contribution is -2.51. The second kappa shape index (κ2) is 5.57. The van der Waals surface area contributed by atoms with E-state index in [1.807, 2.05) is 13.8 Å². The van der Waals surface area contributed by atoms with E-state index >= 15 is 0 Å². The number of aliphatic hydroxyl groups is 2. The third-order valence-corrected chi connectivity index (χ3v) is 7.05. The summed E-state index contributed by atoms with van der Waals surface area (Å²) in [6.07, 6.45) is 4.88. The fourth-order valence-corrected chi connectivity index (χ4v) is 5.48. The quantitative estimate of drug-likeness (QED) is 0.600. The summed E-state index contributed by atoms with van der Waals surface area (Å²) in [6, 6.07) is 0. The summed E-state index contributed by atoms with van der Waals surface area (Å²) >= 11 is 0. The first-order chi connectivity index (χ1) is 11.0. The molecule has 24 heavy (non-hydrogen) atoms. The van der Waals surface area contributed by atoms with Gasteiger partial charge in [0.15, 0.2) is 6.10 Å². The van der Waals surface area contributed by atoms with Gasteiger partial charge in [0, 0.05) is 0 Å². The maximum atomic E-state index is 11.9. The molecule has 2 aliphatic carbocycles. The zero-order valence-corrected chi connectivity index (χ0v) is 15.6. The molecule has 0 radical (unpaired) electrons. The lowest BCUT2D eigenvalue weighted by molar-refractivity contribution is -0.142. The molecule has 0 spiro atoms. The van der Waals surface area contributed by atoms with Crippen molar-refractivity contribution < 1.29 is 19.7 Å². The average molecular weight is 336 g/mol. The molecular weight excluding hydrogens is 304 g/mol. The second-order valence-electron chi connectivity index (χ2n) is 9.49. The minimum Gasteiger partial charge on any atom is -0.455 e. The minimum atomic E-state index is -1.22. The number of hydrogen-bond acceptors (Lipinski definition) is 4. The number of aliphatic hydroxyl groups excluding tert-OH is 1. The van der Waals surface area contributed by atoms with Crippen LogP contribution in [0.1, 0.15) is 66.7 Å². The Morgan fingerprint density at radius 3 is 2.54 bits per heavy atom. The summed E-state index contributed by atoms with van der Waals surface area (Å²) in [5, 5.41) is 21.9. The van der Waals surface area contributed by atoms with Crippen molar-refractivity contribution >= 4 is 5.97 Å². The van der Waals surface area contributed by atoms with Gasteiger partial charge in [0.2, 0.25) is 0 Å². The molecule has 0 unspecified atom stereocenters. The van der Waals surface area contributed by atoms with Gasteiger partial charge in [0.05, 0.1) is 12.5 Å². The number of carbonyl (C=O) groups excluding carboxylic acids is 1. The highest BCUT2D eigenvalue weighted by molar-refractivity contribution is 5.74. The molecule has 1 heterocycles. The molecule has 2 fully saturated rings. The number of ether oxygens (including phenoxy) is 1. The summed E-state index contributed by atoms with van der Waals surface area (Å²) in [5.74, 6) is -0.0855. The van der Waals surface area contributed by atoms with Gasteiger partial charge in [-0.05, 0) is 47.5 Å². The van der Waals surface area contributed by atoms with Crippen LogP contribution in [0.3, 0.4) is 0 Å². The van der Waals surface area contributed by atoms with Crippen molar-refractivity contribution in [3.63, 3.8) is 0 Å². The van der Waals surface area contributed by atoms with E-state index in [0.717, 1.165) is 6.42 Å². The van der Waals surface area contributed by atoms with E-state index in [0.29, 0.717) is 17.9 Å². The number of hydrogen-bond donors (Lipinski definition) is 2. The first-order valence-electron chi connectivity index (χ1n) is 9.32. The predicted molar refractivity (Wildman–Crippen MR) is 92.2 cm³/mol. The normalized spacial score (nSPS) is 44.9. The molecular formula is C20H32O4. The highest BCUT2D eigenvalue weighted by Gasteiger charge is 2.56. The molecule has 1 saturated heterocycles. The Morgan fingerprint density at radius 1 is 1.25 bits per heavy atom. The van der Waals surface area contributed by atoms with Gasteiger partial charge in [-0.3, -0.25) is 4.79 Å². The van der Waals surface area contributed by atoms with Crippen LogP contribution in [-0.2, 0) is 9.53 Å². The molecule has 3 rings (SSSR count). The van der Waals surface area contributed by atoms with Crippen LogP contribution < -0.4 is 0 Å². The Morgan fingerprint density at radius 2 is 1.92 bits per heavy atom. The highest BCUT2D eigenvalue weighted by atomic mass is 16.6. The van der Waals surface area contributed by atoms with Crippen LogP contribution in [0, 0.1) is 22.7 Å². The molecule has 0 aromatic heterocycles. The molecule has 2 N–H and O–H groups in total. The molecule has 0 aromatic carbocycles. The highest BCUT2D eigenvalue weighted by Crippen LogP contribution is 2.57. The summed E-state index contributed by atoms with van der Waals surface area (Å²) in [4.78, 5) is 11.9. The van der Waals surface area contributed by atoms with Gasteiger partial charge in [-0.25, -0.2) is 0 Å². The number of esters is 1. The maximum Gasteiger partial charge on any atom is 0.309 e. The number of fused-ring (bicyclic) bond motifs is 1. The van der Waals surface area contributed by atoms with E-state index in [1.54, 1.807) is 0 Å².